The summed E-state index contributed by atoms with van der Waals surface area (Å²) in [5.41, 5.74) is 3.64. The maximum atomic E-state index is 13.0. The number of hydrogen-bond acceptors (Lipinski definition) is 3. The van der Waals surface area contributed by atoms with Crippen molar-refractivity contribution in [2.45, 2.75) is 45.6 Å². The Morgan fingerprint density at radius 1 is 1.29 bits per heavy atom. The number of hydrogen-bond donors (Lipinski definition) is 1. The van der Waals surface area contributed by atoms with E-state index >= 15 is 0 Å². The Bertz CT molecular complexity index is 731. The van der Waals surface area contributed by atoms with Crippen molar-refractivity contribution in [1.29, 1.82) is 0 Å². The second-order valence-corrected chi connectivity index (χ2v) is 7.75. The number of rotatable bonds is 1. The van der Waals surface area contributed by atoms with Crippen LogP contribution in [0.15, 0.2) is 41.6 Å². The topological polar surface area (TPSA) is 53.4 Å². The van der Waals surface area contributed by atoms with Gasteiger partial charge < -0.3 is 10.0 Å². The number of nitrogens with zero attached hydrogens (tertiary/aromatic N) is 2. The molecule has 1 saturated heterocycles. The van der Waals surface area contributed by atoms with Gasteiger partial charge in [0.2, 0.25) is 5.88 Å². The van der Waals surface area contributed by atoms with Crippen molar-refractivity contribution in [3.05, 3.63) is 47.2 Å². The third-order valence-electron chi connectivity index (χ3n) is 6.13. The van der Waals surface area contributed by atoms with Crippen molar-refractivity contribution in [3.8, 4) is 5.88 Å². The van der Waals surface area contributed by atoms with Crippen LogP contribution in [-0.2, 0) is 0 Å². The van der Waals surface area contributed by atoms with E-state index in [9.17, 15) is 9.90 Å². The minimum atomic E-state index is -0.0506. The molecule has 2 aliphatic carbocycles. The Morgan fingerprint density at radius 3 is 2.83 bits per heavy atom. The first kappa shape index (κ1) is 15.4. The van der Waals surface area contributed by atoms with Gasteiger partial charge in [-0.15, -0.1) is 0 Å². The van der Waals surface area contributed by atoms with Gasteiger partial charge in [0, 0.05) is 24.8 Å². The minimum absolute atomic E-state index is 0.0304. The number of aromatic hydroxyl groups is 1. The van der Waals surface area contributed by atoms with Crippen molar-refractivity contribution < 1.29 is 9.90 Å². The molecule has 1 aliphatic heterocycles. The molecule has 0 spiro atoms. The molecule has 2 bridgehead atoms. The zero-order valence-corrected chi connectivity index (χ0v) is 14.3. The first-order valence-corrected chi connectivity index (χ1v) is 8.84. The summed E-state index contributed by atoms with van der Waals surface area (Å²) in [6.07, 6.45) is 10.5. The summed E-state index contributed by atoms with van der Waals surface area (Å²) in [6.45, 7) is 5.41. The lowest BCUT2D eigenvalue weighted by atomic mass is 9.57. The summed E-state index contributed by atoms with van der Waals surface area (Å²) >= 11 is 0. The number of amides is 1. The predicted octanol–water partition coefficient (Wildman–Crippen LogP) is 3.69. The molecule has 1 saturated carbocycles. The minimum Gasteiger partial charge on any atom is -0.493 e. The Morgan fingerprint density at radius 2 is 2.08 bits per heavy atom. The van der Waals surface area contributed by atoms with Crippen LogP contribution < -0.4 is 0 Å². The molecule has 24 heavy (non-hydrogen) atoms. The molecule has 1 aromatic heterocycles. The molecule has 1 aromatic rings. The van der Waals surface area contributed by atoms with Crippen molar-refractivity contribution in [2.24, 2.45) is 11.3 Å². The molecule has 2 heterocycles. The molecule has 126 valence electrons. The molecule has 1 amide bonds. The van der Waals surface area contributed by atoms with E-state index in [1.165, 1.54) is 17.8 Å². The second-order valence-electron chi connectivity index (χ2n) is 7.75. The van der Waals surface area contributed by atoms with Gasteiger partial charge in [0.15, 0.2) is 0 Å². The summed E-state index contributed by atoms with van der Waals surface area (Å²) in [6, 6.07) is 3.37. The van der Waals surface area contributed by atoms with E-state index in [1.807, 2.05) is 4.90 Å². The van der Waals surface area contributed by atoms with Crippen LogP contribution in [0.25, 0.3) is 0 Å². The third-order valence-corrected chi connectivity index (χ3v) is 6.13. The highest BCUT2D eigenvalue weighted by molar-refractivity contribution is 5.94. The summed E-state index contributed by atoms with van der Waals surface area (Å²) in [4.78, 5) is 18.9. The molecule has 0 unspecified atom stereocenters. The van der Waals surface area contributed by atoms with E-state index in [1.54, 1.807) is 11.6 Å². The third kappa shape index (κ3) is 2.27. The van der Waals surface area contributed by atoms with Crippen LogP contribution in [0.5, 0.6) is 5.88 Å². The fourth-order valence-electron chi connectivity index (χ4n) is 4.80. The van der Waals surface area contributed by atoms with Crippen molar-refractivity contribution in [1.82, 2.24) is 9.88 Å². The average molecular weight is 324 g/mol. The van der Waals surface area contributed by atoms with Crippen LogP contribution >= 0.6 is 0 Å². The summed E-state index contributed by atoms with van der Waals surface area (Å²) < 4.78 is 0. The van der Waals surface area contributed by atoms with Gasteiger partial charge in [-0.1, -0.05) is 26.0 Å². The number of likely N-dealkylation sites (tertiary alicyclic amines) is 1. The first-order valence-electron chi connectivity index (χ1n) is 8.84. The lowest BCUT2D eigenvalue weighted by molar-refractivity contribution is -0.00245. The number of carbonyl (C=O) groups is 1. The Kier molecular flexibility index (Phi) is 3.52. The molecule has 0 radical (unpaired) electrons. The normalized spacial score (nSPS) is 27.8. The summed E-state index contributed by atoms with van der Waals surface area (Å²) in [7, 11) is 0. The predicted molar refractivity (Wildman–Crippen MR) is 92.6 cm³/mol. The maximum Gasteiger partial charge on any atom is 0.255 e. The fraction of sp³-hybridized carbons (Fsp3) is 0.500. The van der Waals surface area contributed by atoms with E-state index in [2.05, 4.69) is 31.0 Å². The van der Waals surface area contributed by atoms with Gasteiger partial charge in [0.05, 0.1) is 5.56 Å². The zero-order valence-electron chi connectivity index (χ0n) is 14.3. The molecule has 2 atom stereocenters. The van der Waals surface area contributed by atoms with Gasteiger partial charge in [0.25, 0.3) is 5.91 Å². The summed E-state index contributed by atoms with van der Waals surface area (Å²) in [5.74, 6) is 0.526. The number of allylic oxidation sites excluding steroid dienone is 3. The number of piperidine rings is 1. The molecule has 0 aromatic carbocycles. The molecule has 4 nitrogen and oxygen atoms in total. The molecule has 3 aliphatic rings. The zero-order chi connectivity index (χ0) is 16.9. The lowest BCUT2D eigenvalue weighted by Gasteiger charge is -2.56. The van der Waals surface area contributed by atoms with Gasteiger partial charge in [0.1, 0.15) is 0 Å². The van der Waals surface area contributed by atoms with Gasteiger partial charge >= 0.3 is 0 Å². The largest absolute Gasteiger partial charge is 0.493 e. The highest BCUT2D eigenvalue weighted by atomic mass is 16.3. The van der Waals surface area contributed by atoms with Crippen LogP contribution in [0.4, 0.5) is 0 Å². The van der Waals surface area contributed by atoms with Crippen LogP contribution in [0.1, 0.15) is 49.9 Å². The molecule has 1 N–H and O–H groups in total. The van der Waals surface area contributed by atoms with E-state index in [-0.39, 0.29) is 23.2 Å². The quantitative estimate of drug-likeness (QED) is 0.857. The van der Waals surface area contributed by atoms with Gasteiger partial charge in [-0.25, -0.2) is 4.98 Å². The van der Waals surface area contributed by atoms with Crippen molar-refractivity contribution in [2.75, 3.05) is 6.54 Å². The Balaban J connectivity index is 1.67. The Labute approximate surface area is 142 Å². The van der Waals surface area contributed by atoms with Crippen LogP contribution in [-0.4, -0.2) is 33.5 Å². The van der Waals surface area contributed by atoms with Crippen molar-refractivity contribution in [3.63, 3.8) is 0 Å². The maximum absolute atomic E-state index is 13.0. The number of carbonyl (C=O) groups excluding carboxylic acids is 1. The fourth-order valence-corrected chi connectivity index (χ4v) is 4.80. The van der Waals surface area contributed by atoms with E-state index < -0.39 is 0 Å². The second kappa shape index (κ2) is 5.47. The molecular formula is C20H24N2O2. The van der Waals surface area contributed by atoms with Crippen LogP contribution in [0.2, 0.25) is 0 Å². The lowest BCUT2D eigenvalue weighted by Crippen LogP contribution is -2.59. The highest BCUT2D eigenvalue weighted by Gasteiger charge is 2.51. The van der Waals surface area contributed by atoms with Gasteiger partial charge in [-0.05, 0) is 54.2 Å². The monoisotopic (exact) mass is 324 g/mol. The average Bonchev–Trinajstić information content (AvgIpc) is 2.55. The van der Waals surface area contributed by atoms with E-state index in [0.717, 1.165) is 32.2 Å². The first-order chi connectivity index (χ1) is 11.5. The SMILES string of the molecule is CC1(C)[C@H]2CCN(C(=O)c3ccc(O)nc3)[C@@H]1CC1=CCCC=C12. The number of aromatic nitrogens is 1. The number of pyridine rings is 1. The molecule has 4 rings (SSSR count). The standard InChI is InChI=1S/C20H24N2O2/c1-20(2)16-9-10-22(19(24)14-7-8-18(23)21-12-14)17(20)11-13-5-3-4-6-15(13)16/h5-8,12,16-17H,3-4,9-11H2,1-2H3,(H,21,23)/t16-,17+/m0/s1. The molecular weight excluding hydrogens is 300 g/mol. The van der Waals surface area contributed by atoms with Crippen molar-refractivity contribution >= 4 is 5.91 Å². The Hall–Kier alpha value is -2.10. The van der Waals surface area contributed by atoms with Gasteiger partial charge in [-0.3, -0.25) is 4.79 Å². The van der Waals surface area contributed by atoms with Gasteiger partial charge in [-0.2, -0.15) is 0 Å². The molecule has 4 heteroatoms. The number of fused-ring (bicyclic) bond motifs is 4. The van der Waals surface area contributed by atoms with Crippen LogP contribution in [0.3, 0.4) is 0 Å². The highest BCUT2D eigenvalue weighted by Crippen LogP contribution is 2.53. The van der Waals surface area contributed by atoms with Crippen LogP contribution in [0, 0.1) is 11.3 Å². The smallest absolute Gasteiger partial charge is 0.255 e. The van der Waals surface area contributed by atoms with E-state index in [4.69, 9.17) is 0 Å². The summed E-state index contributed by atoms with van der Waals surface area (Å²) in [5, 5.41) is 9.35. The van der Waals surface area contributed by atoms with E-state index in [0.29, 0.717) is 11.5 Å². The molecule has 2 fully saturated rings.